The monoisotopic (exact) mass is 366 g/mol. The summed E-state index contributed by atoms with van der Waals surface area (Å²) < 4.78 is 0.873. The van der Waals surface area contributed by atoms with Gasteiger partial charge in [0.15, 0.2) is 6.10 Å². The number of aliphatic hydroxyl groups is 1. The molecule has 0 spiro atoms. The van der Waals surface area contributed by atoms with E-state index in [-0.39, 0.29) is 0 Å². The van der Waals surface area contributed by atoms with Crippen LogP contribution in [-0.2, 0) is 4.79 Å². The van der Waals surface area contributed by atoms with E-state index in [2.05, 4.69) is 26.5 Å². The molecule has 0 heterocycles. The van der Waals surface area contributed by atoms with E-state index >= 15 is 0 Å². The van der Waals surface area contributed by atoms with Gasteiger partial charge in [-0.2, -0.15) is 5.10 Å². The van der Waals surface area contributed by atoms with Crippen LogP contribution in [-0.4, -0.2) is 17.2 Å². The maximum absolute atomic E-state index is 11.8. The molecule has 2 aromatic carbocycles. The van der Waals surface area contributed by atoms with E-state index in [1.165, 1.54) is 6.21 Å². The van der Waals surface area contributed by atoms with Crippen LogP contribution in [0.4, 0.5) is 0 Å². The first kappa shape index (κ1) is 15.7. The lowest BCUT2D eigenvalue weighted by Gasteiger charge is -2.08. The Morgan fingerprint density at radius 2 is 2.00 bits per heavy atom. The molecule has 0 aliphatic carbocycles. The van der Waals surface area contributed by atoms with Crippen molar-refractivity contribution in [2.75, 3.05) is 0 Å². The number of hydrogen-bond donors (Lipinski definition) is 2. The zero-order chi connectivity index (χ0) is 15.2. The van der Waals surface area contributed by atoms with Gasteiger partial charge in [-0.25, -0.2) is 5.43 Å². The molecule has 2 aromatic rings. The fourth-order valence-corrected chi connectivity index (χ4v) is 2.08. The Morgan fingerprint density at radius 3 is 2.67 bits per heavy atom. The largest absolute Gasteiger partial charge is 0.378 e. The van der Waals surface area contributed by atoms with Gasteiger partial charge < -0.3 is 5.11 Å². The molecule has 108 valence electrons. The molecule has 0 bridgehead atoms. The van der Waals surface area contributed by atoms with Crippen LogP contribution < -0.4 is 5.43 Å². The summed E-state index contributed by atoms with van der Waals surface area (Å²) in [6.45, 7) is 0. The van der Waals surface area contributed by atoms with Gasteiger partial charge in [-0.3, -0.25) is 4.79 Å². The molecule has 6 heteroatoms. The molecule has 0 radical (unpaired) electrons. The van der Waals surface area contributed by atoms with Crippen molar-refractivity contribution in [2.24, 2.45) is 5.10 Å². The molecule has 0 saturated carbocycles. The molecule has 4 nitrogen and oxygen atoms in total. The zero-order valence-electron chi connectivity index (χ0n) is 10.8. The molecule has 2 rings (SSSR count). The zero-order valence-corrected chi connectivity index (χ0v) is 13.2. The smallest absolute Gasteiger partial charge is 0.273 e. The number of carbonyl (C=O) groups is 1. The number of nitrogens with zero attached hydrogens (tertiary/aromatic N) is 1. The van der Waals surface area contributed by atoms with Crippen molar-refractivity contribution in [1.82, 2.24) is 5.43 Å². The number of hydrazone groups is 1. The summed E-state index contributed by atoms with van der Waals surface area (Å²) in [5.74, 6) is -0.601. The van der Waals surface area contributed by atoms with Crippen molar-refractivity contribution in [3.63, 3.8) is 0 Å². The van der Waals surface area contributed by atoms with E-state index < -0.39 is 12.0 Å². The van der Waals surface area contributed by atoms with E-state index in [9.17, 15) is 9.90 Å². The van der Waals surface area contributed by atoms with Crippen LogP contribution in [0.25, 0.3) is 0 Å². The molecule has 21 heavy (non-hydrogen) atoms. The molecular formula is C15H12BrClN2O2. The Balaban J connectivity index is 1.96. The second-order valence-corrected chi connectivity index (χ2v) is 5.60. The number of aliphatic hydroxyl groups excluding tert-OH is 1. The van der Waals surface area contributed by atoms with Crippen molar-refractivity contribution < 1.29 is 9.90 Å². The quantitative estimate of drug-likeness (QED) is 0.643. The van der Waals surface area contributed by atoms with Crippen LogP contribution in [0.3, 0.4) is 0 Å². The van der Waals surface area contributed by atoms with E-state index in [0.29, 0.717) is 10.6 Å². The second-order valence-electron chi connectivity index (χ2n) is 4.24. The van der Waals surface area contributed by atoms with Crippen LogP contribution in [0, 0.1) is 0 Å². The topological polar surface area (TPSA) is 61.7 Å². The summed E-state index contributed by atoms with van der Waals surface area (Å²) in [4.78, 5) is 11.8. The fourth-order valence-electron chi connectivity index (χ4n) is 1.61. The molecule has 0 aliphatic heterocycles. The lowest BCUT2D eigenvalue weighted by molar-refractivity contribution is -0.129. The first-order valence-corrected chi connectivity index (χ1v) is 7.25. The van der Waals surface area contributed by atoms with Gasteiger partial charge in [-0.15, -0.1) is 0 Å². The van der Waals surface area contributed by atoms with Crippen molar-refractivity contribution in [3.8, 4) is 0 Å². The van der Waals surface area contributed by atoms with Crippen LogP contribution in [0.15, 0.2) is 58.1 Å². The number of halogens is 2. The average molecular weight is 368 g/mol. The lowest BCUT2D eigenvalue weighted by Crippen LogP contribution is -2.25. The lowest BCUT2D eigenvalue weighted by atomic mass is 10.1. The molecule has 0 aromatic heterocycles. The molecule has 0 saturated heterocycles. The second kappa shape index (κ2) is 7.36. The molecule has 0 aliphatic rings. The third-order valence-corrected chi connectivity index (χ3v) is 3.43. The number of carbonyl (C=O) groups excluding carboxylic acids is 1. The van der Waals surface area contributed by atoms with Crippen LogP contribution in [0.5, 0.6) is 0 Å². The highest BCUT2D eigenvalue weighted by molar-refractivity contribution is 9.10. The van der Waals surface area contributed by atoms with Crippen molar-refractivity contribution >= 4 is 39.7 Å². The van der Waals surface area contributed by atoms with Crippen LogP contribution in [0.1, 0.15) is 17.2 Å². The predicted molar refractivity (Wildman–Crippen MR) is 86.3 cm³/mol. The van der Waals surface area contributed by atoms with Gasteiger partial charge in [0.2, 0.25) is 0 Å². The Labute approximate surface area is 135 Å². The first-order valence-electron chi connectivity index (χ1n) is 6.08. The normalized spacial score (nSPS) is 12.3. The Morgan fingerprint density at radius 1 is 1.29 bits per heavy atom. The standard InChI is InChI=1S/C15H12BrClN2O2/c16-12-6-4-11(5-7-12)14(20)15(21)19-18-9-10-2-1-3-13(17)8-10/h1-9,14,20H,(H,19,21)/b18-9-/t14-/m0/s1. The first-order chi connectivity index (χ1) is 10.1. The minimum atomic E-state index is -1.27. The maximum Gasteiger partial charge on any atom is 0.273 e. The van der Waals surface area contributed by atoms with Crippen LogP contribution >= 0.6 is 27.5 Å². The number of amides is 1. The summed E-state index contributed by atoms with van der Waals surface area (Å²) in [7, 11) is 0. The summed E-state index contributed by atoms with van der Waals surface area (Å²) in [6, 6.07) is 13.9. The average Bonchev–Trinajstić information content (AvgIpc) is 2.47. The highest BCUT2D eigenvalue weighted by Crippen LogP contribution is 2.16. The predicted octanol–water partition coefficient (Wildman–Crippen LogP) is 3.29. The summed E-state index contributed by atoms with van der Waals surface area (Å²) >= 11 is 9.13. The van der Waals surface area contributed by atoms with Crippen molar-refractivity contribution in [3.05, 3.63) is 69.2 Å². The summed E-state index contributed by atoms with van der Waals surface area (Å²) in [5, 5.41) is 14.3. The highest BCUT2D eigenvalue weighted by Gasteiger charge is 2.16. The van der Waals surface area contributed by atoms with Gasteiger partial charge in [-0.1, -0.05) is 51.8 Å². The van der Waals surface area contributed by atoms with E-state index in [1.807, 2.05) is 0 Å². The van der Waals surface area contributed by atoms with E-state index in [1.54, 1.807) is 48.5 Å². The minimum Gasteiger partial charge on any atom is -0.378 e. The molecule has 2 N–H and O–H groups in total. The van der Waals surface area contributed by atoms with E-state index in [0.717, 1.165) is 10.0 Å². The minimum absolute atomic E-state index is 0.494. The third-order valence-electron chi connectivity index (χ3n) is 2.67. The van der Waals surface area contributed by atoms with Gasteiger partial charge in [0.25, 0.3) is 5.91 Å². The summed E-state index contributed by atoms with van der Waals surface area (Å²) in [5.41, 5.74) is 3.53. The third kappa shape index (κ3) is 4.67. The van der Waals surface area contributed by atoms with Crippen molar-refractivity contribution in [1.29, 1.82) is 0 Å². The number of benzene rings is 2. The maximum atomic E-state index is 11.8. The van der Waals surface area contributed by atoms with Gasteiger partial charge in [-0.05, 0) is 35.4 Å². The van der Waals surface area contributed by atoms with Gasteiger partial charge >= 0.3 is 0 Å². The van der Waals surface area contributed by atoms with Gasteiger partial charge in [0.05, 0.1) is 6.21 Å². The Kier molecular flexibility index (Phi) is 5.50. The van der Waals surface area contributed by atoms with Gasteiger partial charge in [0.1, 0.15) is 0 Å². The number of hydrogen-bond acceptors (Lipinski definition) is 3. The van der Waals surface area contributed by atoms with Gasteiger partial charge in [0, 0.05) is 9.50 Å². The number of rotatable bonds is 4. The van der Waals surface area contributed by atoms with Crippen molar-refractivity contribution in [2.45, 2.75) is 6.10 Å². The molecule has 1 amide bonds. The molecule has 0 unspecified atom stereocenters. The SMILES string of the molecule is O=C(N/N=C\c1cccc(Cl)c1)[C@@H](O)c1ccc(Br)cc1. The summed E-state index contributed by atoms with van der Waals surface area (Å²) in [6.07, 6.45) is 0.188. The fraction of sp³-hybridized carbons (Fsp3) is 0.0667. The Bertz CT molecular complexity index is 659. The molecule has 0 fully saturated rings. The number of nitrogens with one attached hydrogen (secondary N) is 1. The van der Waals surface area contributed by atoms with Crippen LogP contribution in [0.2, 0.25) is 5.02 Å². The van der Waals surface area contributed by atoms with E-state index in [4.69, 9.17) is 11.6 Å². The Hall–Kier alpha value is -1.69. The molecule has 1 atom stereocenters. The highest BCUT2D eigenvalue weighted by atomic mass is 79.9. The molecular weight excluding hydrogens is 356 g/mol.